The molecule has 1 unspecified atom stereocenters. The number of carbonyl (C=O) groups excluding carboxylic acids is 1. The Hall–Kier alpha value is -1.26. The van der Waals surface area contributed by atoms with E-state index in [-0.39, 0.29) is 23.7 Å². The molecule has 0 bridgehead atoms. The second kappa shape index (κ2) is 5.72. The summed E-state index contributed by atoms with van der Waals surface area (Å²) in [5.74, 6) is 0.702. The van der Waals surface area contributed by atoms with Crippen LogP contribution in [0.3, 0.4) is 0 Å². The lowest BCUT2D eigenvalue weighted by Crippen LogP contribution is -2.48. The summed E-state index contributed by atoms with van der Waals surface area (Å²) in [7, 11) is 0. The predicted molar refractivity (Wildman–Crippen MR) is 62.1 cm³/mol. The molecule has 1 amide bonds. The molecule has 0 saturated heterocycles. The molecule has 0 spiro atoms. The van der Waals surface area contributed by atoms with Gasteiger partial charge in [0.1, 0.15) is 0 Å². The lowest BCUT2D eigenvalue weighted by molar-refractivity contribution is -0.123. The number of hydrogen-bond donors (Lipinski definition) is 3. The number of nitrogens with zero attached hydrogens (tertiary/aromatic N) is 1. The fourth-order valence-corrected chi connectivity index (χ4v) is 1.84. The molecule has 5 heteroatoms. The molecule has 5 nitrogen and oxygen atoms in total. The monoisotopic (exact) mass is 227 g/mol. The highest BCUT2D eigenvalue weighted by Crippen LogP contribution is 2.29. The molecule has 0 aromatic rings. The van der Waals surface area contributed by atoms with Crippen LogP contribution in [0.15, 0.2) is 5.16 Å². The van der Waals surface area contributed by atoms with Crippen molar-refractivity contribution < 1.29 is 10.0 Å². The summed E-state index contributed by atoms with van der Waals surface area (Å²) in [6.45, 7) is 3.85. The molecular weight excluding hydrogens is 206 g/mol. The van der Waals surface area contributed by atoms with Crippen LogP contribution in [0.5, 0.6) is 0 Å². The lowest BCUT2D eigenvalue weighted by atomic mass is 9.82. The first-order valence-corrected chi connectivity index (χ1v) is 5.81. The quantitative estimate of drug-likeness (QED) is 0.284. The Balaban J connectivity index is 2.44. The first kappa shape index (κ1) is 12.8. The number of amidine groups is 1. The van der Waals surface area contributed by atoms with E-state index < -0.39 is 0 Å². The van der Waals surface area contributed by atoms with Gasteiger partial charge in [0.25, 0.3) is 0 Å². The van der Waals surface area contributed by atoms with Gasteiger partial charge < -0.3 is 16.3 Å². The van der Waals surface area contributed by atoms with Crippen molar-refractivity contribution in [2.45, 2.75) is 45.6 Å². The Morgan fingerprint density at radius 1 is 1.56 bits per heavy atom. The minimum absolute atomic E-state index is 0.00463. The molecule has 1 fully saturated rings. The molecule has 4 N–H and O–H groups in total. The maximum atomic E-state index is 11.7. The van der Waals surface area contributed by atoms with Crippen molar-refractivity contribution in [3.05, 3.63) is 0 Å². The van der Waals surface area contributed by atoms with E-state index >= 15 is 0 Å². The molecule has 92 valence electrons. The average molecular weight is 227 g/mol. The van der Waals surface area contributed by atoms with Crippen molar-refractivity contribution in [1.82, 2.24) is 5.32 Å². The molecule has 1 aliphatic carbocycles. The molecule has 0 aromatic heterocycles. The van der Waals surface area contributed by atoms with E-state index in [1.165, 1.54) is 6.42 Å². The van der Waals surface area contributed by atoms with Crippen LogP contribution in [0.1, 0.15) is 39.5 Å². The van der Waals surface area contributed by atoms with Gasteiger partial charge in [-0.2, -0.15) is 0 Å². The Morgan fingerprint density at radius 2 is 2.19 bits per heavy atom. The summed E-state index contributed by atoms with van der Waals surface area (Å²) in [6, 6.07) is -0.377. The van der Waals surface area contributed by atoms with Crippen LogP contribution >= 0.6 is 0 Å². The van der Waals surface area contributed by atoms with E-state index in [2.05, 4.69) is 10.5 Å². The Bertz CT molecular complexity index is 272. The van der Waals surface area contributed by atoms with Gasteiger partial charge in [0.05, 0.1) is 6.04 Å². The third-order valence-electron chi connectivity index (χ3n) is 3.12. The first-order chi connectivity index (χ1) is 7.54. The maximum absolute atomic E-state index is 11.7. The topological polar surface area (TPSA) is 87.7 Å². The SMILES string of the molecule is CC(C)C(NC(=O)CC1CCC1)C(N)=NO. The number of nitrogens with two attached hydrogens (primary N) is 1. The number of oxime groups is 1. The standard InChI is InChI=1S/C11H21N3O2/c1-7(2)10(11(12)14-16)13-9(15)6-8-4-3-5-8/h7-8,10,16H,3-6H2,1-2H3,(H2,12,14)(H,13,15). The Morgan fingerprint density at radius 3 is 2.56 bits per heavy atom. The van der Waals surface area contributed by atoms with Crippen LogP contribution in [-0.2, 0) is 4.79 Å². The normalized spacial score (nSPS) is 19.3. The fourth-order valence-electron chi connectivity index (χ4n) is 1.84. The highest BCUT2D eigenvalue weighted by molar-refractivity contribution is 5.90. The van der Waals surface area contributed by atoms with Crippen molar-refractivity contribution in [2.75, 3.05) is 0 Å². The summed E-state index contributed by atoms with van der Waals surface area (Å²) >= 11 is 0. The van der Waals surface area contributed by atoms with Crippen LogP contribution in [0.2, 0.25) is 0 Å². The highest BCUT2D eigenvalue weighted by Gasteiger charge is 2.24. The molecule has 1 rings (SSSR count). The lowest BCUT2D eigenvalue weighted by Gasteiger charge is -2.26. The van der Waals surface area contributed by atoms with Gasteiger partial charge in [-0.3, -0.25) is 4.79 Å². The Kier molecular flexibility index (Phi) is 4.58. The van der Waals surface area contributed by atoms with Crippen LogP contribution in [0.4, 0.5) is 0 Å². The van der Waals surface area contributed by atoms with Crippen LogP contribution in [0, 0.1) is 11.8 Å². The van der Waals surface area contributed by atoms with E-state index in [4.69, 9.17) is 10.9 Å². The highest BCUT2D eigenvalue weighted by atomic mass is 16.4. The summed E-state index contributed by atoms with van der Waals surface area (Å²) in [6.07, 6.45) is 4.07. The van der Waals surface area contributed by atoms with Gasteiger partial charge in [-0.05, 0) is 24.7 Å². The molecular formula is C11H21N3O2. The molecule has 0 radical (unpaired) electrons. The molecule has 0 aliphatic heterocycles. The fraction of sp³-hybridized carbons (Fsp3) is 0.818. The zero-order valence-corrected chi connectivity index (χ0v) is 9.94. The number of amides is 1. The summed E-state index contributed by atoms with van der Waals surface area (Å²) < 4.78 is 0. The van der Waals surface area contributed by atoms with Crippen LogP contribution in [-0.4, -0.2) is 23.0 Å². The van der Waals surface area contributed by atoms with Crippen molar-refractivity contribution in [3.63, 3.8) is 0 Å². The molecule has 1 aliphatic rings. The summed E-state index contributed by atoms with van der Waals surface area (Å²) in [5.41, 5.74) is 5.53. The van der Waals surface area contributed by atoms with Gasteiger partial charge in [0.2, 0.25) is 5.91 Å². The molecule has 16 heavy (non-hydrogen) atoms. The van der Waals surface area contributed by atoms with E-state index in [0.29, 0.717) is 12.3 Å². The van der Waals surface area contributed by atoms with Gasteiger partial charge in [0.15, 0.2) is 5.84 Å². The predicted octanol–water partition coefficient (Wildman–Crippen LogP) is 1.06. The third kappa shape index (κ3) is 3.40. The van der Waals surface area contributed by atoms with Gasteiger partial charge >= 0.3 is 0 Å². The second-order valence-corrected chi connectivity index (χ2v) is 4.82. The third-order valence-corrected chi connectivity index (χ3v) is 3.12. The van der Waals surface area contributed by atoms with Crippen LogP contribution < -0.4 is 11.1 Å². The first-order valence-electron chi connectivity index (χ1n) is 5.81. The van der Waals surface area contributed by atoms with E-state index in [1.54, 1.807) is 0 Å². The number of carbonyl (C=O) groups is 1. The average Bonchev–Trinajstić information content (AvgIpc) is 2.18. The van der Waals surface area contributed by atoms with Gasteiger partial charge in [0, 0.05) is 6.42 Å². The van der Waals surface area contributed by atoms with Crippen molar-refractivity contribution >= 4 is 11.7 Å². The Labute approximate surface area is 96.1 Å². The van der Waals surface area contributed by atoms with Gasteiger partial charge in [-0.1, -0.05) is 25.4 Å². The van der Waals surface area contributed by atoms with Crippen molar-refractivity contribution in [3.8, 4) is 0 Å². The minimum Gasteiger partial charge on any atom is -0.409 e. The molecule has 0 heterocycles. The number of hydrogen-bond acceptors (Lipinski definition) is 3. The summed E-state index contributed by atoms with van der Waals surface area (Å²) in [5, 5.41) is 14.4. The zero-order chi connectivity index (χ0) is 12.1. The second-order valence-electron chi connectivity index (χ2n) is 4.82. The van der Waals surface area contributed by atoms with Gasteiger partial charge in [-0.15, -0.1) is 0 Å². The zero-order valence-electron chi connectivity index (χ0n) is 9.94. The van der Waals surface area contributed by atoms with Crippen molar-refractivity contribution in [1.29, 1.82) is 0 Å². The number of rotatable bonds is 5. The number of nitrogens with one attached hydrogen (secondary N) is 1. The van der Waals surface area contributed by atoms with E-state index in [9.17, 15) is 4.79 Å². The van der Waals surface area contributed by atoms with Gasteiger partial charge in [-0.25, -0.2) is 0 Å². The summed E-state index contributed by atoms with van der Waals surface area (Å²) in [4.78, 5) is 11.7. The minimum atomic E-state index is -0.377. The van der Waals surface area contributed by atoms with E-state index in [1.807, 2.05) is 13.8 Å². The largest absolute Gasteiger partial charge is 0.409 e. The smallest absolute Gasteiger partial charge is 0.220 e. The molecule has 1 saturated carbocycles. The molecule has 0 aromatic carbocycles. The maximum Gasteiger partial charge on any atom is 0.220 e. The van der Waals surface area contributed by atoms with E-state index in [0.717, 1.165) is 12.8 Å². The van der Waals surface area contributed by atoms with Crippen LogP contribution in [0.25, 0.3) is 0 Å². The molecule has 1 atom stereocenters. The van der Waals surface area contributed by atoms with Crippen molar-refractivity contribution in [2.24, 2.45) is 22.7 Å².